The van der Waals surface area contributed by atoms with Gasteiger partial charge in [-0.25, -0.2) is 0 Å². The first kappa shape index (κ1) is 17.9. The van der Waals surface area contributed by atoms with Gasteiger partial charge in [0.2, 0.25) is 5.91 Å². The molecule has 0 aromatic carbocycles. The van der Waals surface area contributed by atoms with Gasteiger partial charge >= 0.3 is 5.97 Å². The first-order chi connectivity index (χ1) is 8.44. The first-order valence-electron chi connectivity index (χ1n) is 6.75. The second kappa shape index (κ2) is 5.90. The van der Waals surface area contributed by atoms with Crippen LogP contribution in [0.2, 0.25) is 0 Å². The monoisotopic (exact) mass is 272 g/mol. The molecule has 112 valence electrons. The summed E-state index contributed by atoms with van der Waals surface area (Å²) in [7, 11) is 0. The van der Waals surface area contributed by atoms with Gasteiger partial charge in [-0.15, -0.1) is 0 Å². The minimum atomic E-state index is -0.898. The van der Waals surface area contributed by atoms with Gasteiger partial charge in [-0.05, 0) is 40.5 Å². The molecule has 0 radical (unpaired) electrons. The van der Waals surface area contributed by atoms with Crippen molar-refractivity contribution in [2.24, 2.45) is 16.6 Å². The number of aliphatic carboxylic acids is 1. The molecule has 0 aromatic heterocycles. The molecule has 0 heterocycles. The summed E-state index contributed by atoms with van der Waals surface area (Å²) in [6.45, 7) is 10.9. The fourth-order valence-corrected chi connectivity index (χ4v) is 1.64. The highest BCUT2D eigenvalue weighted by Gasteiger charge is 2.42. The Hall–Kier alpha value is -1.10. The van der Waals surface area contributed by atoms with Gasteiger partial charge in [0, 0.05) is 12.1 Å². The maximum absolute atomic E-state index is 12.2. The maximum Gasteiger partial charge on any atom is 0.311 e. The number of nitrogens with two attached hydrogens (primary N) is 1. The molecule has 0 saturated carbocycles. The molecule has 19 heavy (non-hydrogen) atoms. The van der Waals surface area contributed by atoms with Crippen LogP contribution in [0.3, 0.4) is 0 Å². The molecule has 0 aliphatic heterocycles. The van der Waals surface area contributed by atoms with Crippen LogP contribution >= 0.6 is 0 Å². The van der Waals surface area contributed by atoms with E-state index in [2.05, 4.69) is 5.32 Å². The standard InChI is InChI=1S/C14H28N2O3/c1-7-14(8-2,11(18)19)9-16-10(17)12(3,4)13(5,6)15/h7-9,15H2,1-6H3,(H,16,17)(H,18,19). The fraction of sp³-hybridized carbons (Fsp3) is 0.857. The molecule has 0 saturated heterocycles. The summed E-state index contributed by atoms with van der Waals surface area (Å²) in [5.74, 6) is -1.09. The van der Waals surface area contributed by atoms with Gasteiger partial charge in [-0.3, -0.25) is 9.59 Å². The Morgan fingerprint density at radius 2 is 1.53 bits per heavy atom. The number of rotatable bonds is 7. The third-order valence-corrected chi connectivity index (χ3v) is 4.57. The number of carbonyl (C=O) groups excluding carboxylic acids is 1. The maximum atomic E-state index is 12.2. The van der Waals surface area contributed by atoms with Gasteiger partial charge in [-0.2, -0.15) is 0 Å². The van der Waals surface area contributed by atoms with Crippen LogP contribution in [-0.2, 0) is 9.59 Å². The fourth-order valence-electron chi connectivity index (χ4n) is 1.64. The summed E-state index contributed by atoms with van der Waals surface area (Å²) in [6, 6.07) is 0. The van der Waals surface area contributed by atoms with E-state index >= 15 is 0 Å². The van der Waals surface area contributed by atoms with E-state index in [0.717, 1.165) is 0 Å². The van der Waals surface area contributed by atoms with Crippen LogP contribution in [0.15, 0.2) is 0 Å². The Bertz CT molecular complexity index is 339. The Labute approximate surface area is 115 Å². The topological polar surface area (TPSA) is 92.4 Å². The zero-order valence-electron chi connectivity index (χ0n) is 13.0. The van der Waals surface area contributed by atoms with Crippen LogP contribution in [0.25, 0.3) is 0 Å². The summed E-state index contributed by atoms with van der Waals surface area (Å²) >= 11 is 0. The lowest BCUT2D eigenvalue weighted by Gasteiger charge is -2.38. The van der Waals surface area contributed by atoms with Gasteiger partial charge in [0.25, 0.3) is 0 Å². The molecule has 5 nitrogen and oxygen atoms in total. The Morgan fingerprint density at radius 3 is 1.79 bits per heavy atom. The number of carboxylic acid groups (broad SMARTS) is 1. The van der Waals surface area contributed by atoms with Crippen LogP contribution in [0.4, 0.5) is 0 Å². The minimum Gasteiger partial charge on any atom is -0.481 e. The van der Waals surface area contributed by atoms with Crippen molar-refractivity contribution in [3.63, 3.8) is 0 Å². The lowest BCUT2D eigenvalue weighted by atomic mass is 9.74. The molecule has 0 aliphatic rings. The molecule has 0 spiro atoms. The van der Waals surface area contributed by atoms with Crippen molar-refractivity contribution in [1.29, 1.82) is 0 Å². The average molecular weight is 272 g/mol. The number of nitrogens with one attached hydrogen (secondary N) is 1. The number of amides is 1. The minimum absolute atomic E-state index is 0.133. The second-order valence-electron chi connectivity index (χ2n) is 6.32. The highest BCUT2D eigenvalue weighted by Crippen LogP contribution is 2.30. The van der Waals surface area contributed by atoms with E-state index in [-0.39, 0.29) is 12.5 Å². The van der Waals surface area contributed by atoms with E-state index in [0.29, 0.717) is 12.8 Å². The Morgan fingerprint density at radius 1 is 1.11 bits per heavy atom. The lowest BCUT2D eigenvalue weighted by molar-refractivity contribution is -0.149. The van der Waals surface area contributed by atoms with Crippen molar-refractivity contribution in [2.75, 3.05) is 6.54 Å². The van der Waals surface area contributed by atoms with E-state index in [9.17, 15) is 14.7 Å². The van der Waals surface area contributed by atoms with Crippen molar-refractivity contribution in [1.82, 2.24) is 5.32 Å². The molecule has 5 heteroatoms. The number of hydrogen-bond acceptors (Lipinski definition) is 3. The summed E-state index contributed by atoms with van der Waals surface area (Å²) < 4.78 is 0. The third-order valence-electron chi connectivity index (χ3n) is 4.57. The first-order valence-corrected chi connectivity index (χ1v) is 6.75. The molecule has 0 rings (SSSR count). The predicted octanol–water partition coefficient (Wildman–Crippen LogP) is 1.76. The lowest BCUT2D eigenvalue weighted by Crippen LogP contribution is -2.57. The normalized spacial score (nSPS) is 13.2. The smallest absolute Gasteiger partial charge is 0.311 e. The average Bonchev–Trinajstić information content (AvgIpc) is 2.28. The number of hydrogen-bond donors (Lipinski definition) is 3. The molecule has 1 amide bonds. The van der Waals surface area contributed by atoms with E-state index in [1.54, 1.807) is 27.7 Å². The van der Waals surface area contributed by atoms with Crippen molar-refractivity contribution < 1.29 is 14.7 Å². The van der Waals surface area contributed by atoms with Crippen molar-refractivity contribution in [3.8, 4) is 0 Å². The molecule has 4 N–H and O–H groups in total. The van der Waals surface area contributed by atoms with Gasteiger partial charge in [0.05, 0.1) is 10.8 Å². The molecular weight excluding hydrogens is 244 g/mol. The van der Waals surface area contributed by atoms with Gasteiger partial charge in [0.1, 0.15) is 0 Å². The van der Waals surface area contributed by atoms with E-state index in [4.69, 9.17) is 5.73 Å². The molecule has 0 unspecified atom stereocenters. The molecule has 0 fully saturated rings. The van der Waals surface area contributed by atoms with Gasteiger partial charge in [-0.1, -0.05) is 13.8 Å². The predicted molar refractivity (Wildman–Crippen MR) is 75.7 cm³/mol. The summed E-state index contributed by atoms with van der Waals surface area (Å²) in [4.78, 5) is 23.6. The largest absolute Gasteiger partial charge is 0.481 e. The zero-order valence-corrected chi connectivity index (χ0v) is 13.0. The van der Waals surface area contributed by atoms with Crippen molar-refractivity contribution >= 4 is 11.9 Å². The van der Waals surface area contributed by atoms with E-state index in [1.807, 2.05) is 13.8 Å². The van der Waals surface area contributed by atoms with E-state index in [1.165, 1.54) is 0 Å². The molecule has 0 aliphatic carbocycles. The Balaban J connectivity index is 4.91. The summed E-state index contributed by atoms with van der Waals surface area (Å²) in [5, 5.41) is 12.1. The highest BCUT2D eigenvalue weighted by atomic mass is 16.4. The van der Waals surface area contributed by atoms with Gasteiger partial charge in [0.15, 0.2) is 0 Å². The highest BCUT2D eigenvalue weighted by molar-refractivity contribution is 5.84. The third kappa shape index (κ3) is 3.69. The second-order valence-corrected chi connectivity index (χ2v) is 6.32. The quantitative estimate of drug-likeness (QED) is 0.658. The molecule has 0 atom stereocenters. The van der Waals surface area contributed by atoms with Crippen LogP contribution in [0.1, 0.15) is 54.4 Å². The van der Waals surface area contributed by atoms with Crippen LogP contribution in [-0.4, -0.2) is 29.1 Å². The van der Waals surface area contributed by atoms with Crippen LogP contribution < -0.4 is 11.1 Å². The van der Waals surface area contributed by atoms with Crippen LogP contribution in [0.5, 0.6) is 0 Å². The summed E-state index contributed by atoms with van der Waals surface area (Å²) in [6.07, 6.45) is 0.955. The number of carboxylic acids is 1. The summed E-state index contributed by atoms with van der Waals surface area (Å²) in [5.41, 5.74) is 3.66. The van der Waals surface area contributed by atoms with Gasteiger partial charge < -0.3 is 16.2 Å². The zero-order chi connectivity index (χ0) is 15.5. The molecule has 0 bridgehead atoms. The van der Waals surface area contributed by atoms with Crippen molar-refractivity contribution in [2.45, 2.75) is 59.9 Å². The van der Waals surface area contributed by atoms with Crippen LogP contribution in [0, 0.1) is 10.8 Å². The number of carbonyl (C=O) groups is 2. The Kier molecular flexibility index (Phi) is 5.56. The molecular formula is C14H28N2O3. The van der Waals surface area contributed by atoms with E-state index < -0.39 is 22.3 Å². The van der Waals surface area contributed by atoms with Crippen molar-refractivity contribution in [3.05, 3.63) is 0 Å². The molecule has 0 aromatic rings. The SMILES string of the molecule is CCC(CC)(CNC(=O)C(C)(C)C(C)(C)N)C(=O)O.